The van der Waals surface area contributed by atoms with Crippen LogP contribution in [0.4, 0.5) is 10.3 Å². The van der Waals surface area contributed by atoms with Gasteiger partial charge in [0.2, 0.25) is 5.91 Å². The SMILES string of the molecule is CC(C)c1cnc(NC(=O)Cc2csc(NC(=O)c3csc(-c4cccnc4)n3)n2)s1. The lowest BCUT2D eigenvalue weighted by Crippen LogP contribution is -2.15. The van der Waals surface area contributed by atoms with E-state index < -0.39 is 0 Å². The van der Waals surface area contributed by atoms with E-state index in [2.05, 4.69) is 44.4 Å². The molecule has 0 bridgehead atoms. The van der Waals surface area contributed by atoms with Gasteiger partial charge in [0.25, 0.3) is 5.91 Å². The molecule has 0 spiro atoms. The van der Waals surface area contributed by atoms with Crippen LogP contribution in [0.3, 0.4) is 0 Å². The number of thiazole rings is 3. The fourth-order valence-corrected chi connectivity index (χ4v) is 4.88. The minimum atomic E-state index is -0.347. The quantitative estimate of drug-likeness (QED) is 0.406. The number of carbonyl (C=O) groups is 2. The van der Waals surface area contributed by atoms with Gasteiger partial charge in [0, 0.05) is 39.8 Å². The number of aromatic nitrogens is 4. The van der Waals surface area contributed by atoms with E-state index in [0.29, 0.717) is 27.6 Å². The molecule has 0 aliphatic rings. The number of nitrogens with zero attached hydrogens (tertiary/aromatic N) is 4. The average Bonchev–Trinajstić information content (AvgIpc) is 3.50. The van der Waals surface area contributed by atoms with Crippen LogP contribution in [0.5, 0.6) is 0 Å². The molecule has 31 heavy (non-hydrogen) atoms. The molecule has 0 aliphatic carbocycles. The van der Waals surface area contributed by atoms with Gasteiger partial charge in [0.05, 0.1) is 12.1 Å². The zero-order valence-electron chi connectivity index (χ0n) is 16.7. The smallest absolute Gasteiger partial charge is 0.276 e. The second-order valence-corrected chi connectivity index (χ2v) is 9.60. The van der Waals surface area contributed by atoms with Crippen molar-refractivity contribution in [3.05, 3.63) is 57.7 Å². The number of amides is 2. The summed E-state index contributed by atoms with van der Waals surface area (Å²) in [6, 6.07) is 3.71. The van der Waals surface area contributed by atoms with Crippen molar-refractivity contribution in [2.45, 2.75) is 26.2 Å². The fourth-order valence-electron chi connectivity index (χ4n) is 2.55. The summed E-state index contributed by atoms with van der Waals surface area (Å²) in [6.45, 7) is 4.16. The summed E-state index contributed by atoms with van der Waals surface area (Å²) in [4.78, 5) is 42.9. The molecule has 11 heteroatoms. The summed E-state index contributed by atoms with van der Waals surface area (Å²) in [7, 11) is 0. The van der Waals surface area contributed by atoms with E-state index in [1.54, 1.807) is 29.4 Å². The van der Waals surface area contributed by atoms with Crippen molar-refractivity contribution in [1.29, 1.82) is 0 Å². The standard InChI is InChI=1S/C20H18N6O2S3/c1-11(2)15-8-22-19(31-15)25-16(27)6-13-9-30-20(23-13)26-17(28)14-10-29-18(24-14)12-4-3-5-21-7-12/h3-5,7-11H,6H2,1-2H3,(H,22,25,27)(H,23,26,28). The van der Waals surface area contributed by atoms with Gasteiger partial charge in [0.1, 0.15) is 10.7 Å². The van der Waals surface area contributed by atoms with Crippen LogP contribution in [0.15, 0.2) is 41.5 Å². The first kappa shape index (κ1) is 21.2. The number of rotatable bonds is 7. The molecule has 158 valence electrons. The van der Waals surface area contributed by atoms with Crippen LogP contribution in [0.1, 0.15) is 40.8 Å². The molecular formula is C20H18N6O2S3. The van der Waals surface area contributed by atoms with Gasteiger partial charge < -0.3 is 5.32 Å². The van der Waals surface area contributed by atoms with Crippen molar-refractivity contribution in [2.24, 2.45) is 0 Å². The second-order valence-electron chi connectivity index (χ2n) is 6.83. The monoisotopic (exact) mass is 470 g/mol. The lowest BCUT2D eigenvalue weighted by molar-refractivity contribution is -0.115. The van der Waals surface area contributed by atoms with Crippen molar-refractivity contribution >= 4 is 56.1 Å². The van der Waals surface area contributed by atoms with Crippen LogP contribution in [0.2, 0.25) is 0 Å². The minimum Gasteiger partial charge on any atom is -0.302 e. The highest BCUT2D eigenvalue weighted by Crippen LogP contribution is 2.26. The van der Waals surface area contributed by atoms with Crippen molar-refractivity contribution in [1.82, 2.24) is 19.9 Å². The normalized spacial score (nSPS) is 10.9. The first-order valence-electron chi connectivity index (χ1n) is 9.35. The lowest BCUT2D eigenvalue weighted by atomic mass is 10.2. The van der Waals surface area contributed by atoms with Gasteiger partial charge in [-0.15, -0.1) is 34.0 Å². The van der Waals surface area contributed by atoms with Crippen LogP contribution in [0.25, 0.3) is 10.6 Å². The third-order valence-corrected chi connectivity index (χ3v) is 7.01. The highest BCUT2D eigenvalue weighted by Gasteiger charge is 2.15. The number of hydrogen-bond acceptors (Lipinski definition) is 9. The average molecular weight is 471 g/mol. The molecule has 0 aliphatic heterocycles. The Bertz CT molecular complexity index is 1200. The molecule has 4 rings (SSSR count). The Balaban J connectivity index is 1.34. The van der Waals surface area contributed by atoms with Crippen LogP contribution in [-0.4, -0.2) is 31.8 Å². The van der Waals surface area contributed by atoms with Crippen LogP contribution in [-0.2, 0) is 11.2 Å². The number of nitrogens with one attached hydrogen (secondary N) is 2. The molecule has 0 unspecified atom stereocenters. The van der Waals surface area contributed by atoms with Gasteiger partial charge in [0.15, 0.2) is 10.3 Å². The highest BCUT2D eigenvalue weighted by molar-refractivity contribution is 7.16. The van der Waals surface area contributed by atoms with Gasteiger partial charge in [-0.1, -0.05) is 13.8 Å². The van der Waals surface area contributed by atoms with Gasteiger partial charge >= 0.3 is 0 Å². The third kappa shape index (κ3) is 5.37. The summed E-state index contributed by atoms with van der Waals surface area (Å²) in [5.74, 6) is -0.180. The maximum Gasteiger partial charge on any atom is 0.276 e. The summed E-state index contributed by atoms with van der Waals surface area (Å²) < 4.78 is 0. The predicted molar refractivity (Wildman–Crippen MR) is 124 cm³/mol. The Morgan fingerprint density at radius 2 is 1.94 bits per heavy atom. The molecular weight excluding hydrogens is 452 g/mol. The molecule has 8 nitrogen and oxygen atoms in total. The molecule has 2 N–H and O–H groups in total. The maximum atomic E-state index is 12.5. The second kappa shape index (κ2) is 9.41. The highest BCUT2D eigenvalue weighted by atomic mass is 32.1. The van der Waals surface area contributed by atoms with Crippen molar-refractivity contribution < 1.29 is 9.59 Å². The van der Waals surface area contributed by atoms with Crippen LogP contribution >= 0.6 is 34.0 Å². The number of anilines is 2. The van der Waals surface area contributed by atoms with E-state index in [1.165, 1.54) is 34.0 Å². The lowest BCUT2D eigenvalue weighted by Gasteiger charge is -2.00. The zero-order valence-corrected chi connectivity index (χ0v) is 19.1. The Labute approximate surface area is 190 Å². The number of carbonyl (C=O) groups excluding carboxylic acids is 2. The molecule has 4 aromatic heterocycles. The number of pyridine rings is 1. The van der Waals surface area contributed by atoms with E-state index in [4.69, 9.17) is 0 Å². The van der Waals surface area contributed by atoms with Gasteiger partial charge in [-0.2, -0.15) is 0 Å². The maximum absolute atomic E-state index is 12.5. The van der Waals surface area contributed by atoms with Crippen molar-refractivity contribution in [3.63, 3.8) is 0 Å². The van der Waals surface area contributed by atoms with Gasteiger partial charge in [-0.25, -0.2) is 15.0 Å². The predicted octanol–water partition coefficient (Wildman–Crippen LogP) is 4.68. The van der Waals surface area contributed by atoms with Crippen LogP contribution in [0, 0.1) is 0 Å². The van der Waals surface area contributed by atoms with Gasteiger partial charge in [-0.05, 0) is 18.1 Å². The molecule has 4 heterocycles. The fraction of sp³-hybridized carbons (Fsp3) is 0.200. The summed E-state index contributed by atoms with van der Waals surface area (Å²) in [6.07, 6.45) is 5.27. The summed E-state index contributed by atoms with van der Waals surface area (Å²) in [5.41, 5.74) is 1.74. The van der Waals surface area contributed by atoms with E-state index in [0.717, 1.165) is 15.4 Å². The summed E-state index contributed by atoms with van der Waals surface area (Å²) >= 11 is 4.10. The first-order valence-corrected chi connectivity index (χ1v) is 11.9. The van der Waals surface area contributed by atoms with E-state index in [9.17, 15) is 9.59 Å². The molecule has 0 saturated heterocycles. The molecule has 4 aromatic rings. The molecule has 2 amide bonds. The zero-order chi connectivity index (χ0) is 21.8. The summed E-state index contributed by atoms with van der Waals surface area (Å²) in [5, 5.41) is 10.7. The molecule has 0 radical (unpaired) electrons. The van der Waals surface area contributed by atoms with Crippen molar-refractivity contribution in [2.75, 3.05) is 10.6 Å². The molecule has 0 atom stereocenters. The topological polar surface area (TPSA) is 110 Å². The van der Waals surface area contributed by atoms with Crippen LogP contribution < -0.4 is 10.6 Å². The Morgan fingerprint density at radius 3 is 2.68 bits per heavy atom. The Morgan fingerprint density at radius 1 is 1.06 bits per heavy atom. The largest absolute Gasteiger partial charge is 0.302 e. The third-order valence-electron chi connectivity index (χ3n) is 4.10. The Hall–Kier alpha value is -3.02. The molecule has 0 aromatic carbocycles. The van der Waals surface area contributed by atoms with E-state index in [1.807, 2.05) is 12.1 Å². The van der Waals surface area contributed by atoms with E-state index in [-0.39, 0.29) is 18.2 Å². The Kier molecular flexibility index (Phi) is 6.44. The number of hydrogen-bond donors (Lipinski definition) is 2. The van der Waals surface area contributed by atoms with Gasteiger partial charge in [-0.3, -0.25) is 19.9 Å². The van der Waals surface area contributed by atoms with E-state index >= 15 is 0 Å². The molecule has 0 fully saturated rings. The minimum absolute atomic E-state index is 0.102. The van der Waals surface area contributed by atoms with Crippen molar-refractivity contribution in [3.8, 4) is 10.6 Å². The first-order chi connectivity index (χ1) is 15.0. The molecule has 0 saturated carbocycles.